The lowest BCUT2D eigenvalue weighted by Gasteiger charge is -2.30. The van der Waals surface area contributed by atoms with E-state index in [-0.39, 0.29) is 25.0 Å². The summed E-state index contributed by atoms with van der Waals surface area (Å²) in [7, 11) is 3.17. The second-order valence-electron chi connectivity index (χ2n) is 7.42. The van der Waals surface area contributed by atoms with Crippen molar-refractivity contribution in [3.8, 4) is 11.5 Å². The van der Waals surface area contributed by atoms with Crippen molar-refractivity contribution in [3.05, 3.63) is 59.7 Å². The molecule has 0 radical (unpaired) electrons. The Morgan fingerprint density at radius 3 is 2.33 bits per heavy atom. The maximum absolute atomic E-state index is 13.1. The van der Waals surface area contributed by atoms with Crippen LogP contribution in [0.3, 0.4) is 0 Å². The lowest BCUT2D eigenvalue weighted by molar-refractivity contribution is -0.142. The Hall–Kier alpha value is -3.02. The average molecular weight is 413 g/mol. The van der Waals surface area contributed by atoms with E-state index in [2.05, 4.69) is 19.2 Å². The van der Waals surface area contributed by atoms with Gasteiger partial charge in [0.2, 0.25) is 5.91 Å². The van der Waals surface area contributed by atoms with Crippen LogP contribution in [-0.4, -0.2) is 43.5 Å². The number of nitrogens with one attached hydrogen (secondary N) is 1. The van der Waals surface area contributed by atoms with Crippen LogP contribution in [0.15, 0.2) is 48.5 Å². The van der Waals surface area contributed by atoms with Gasteiger partial charge in [0.25, 0.3) is 5.91 Å². The maximum Gasteiger partial charge on any atom is 0.261 e. The van der Waals surface area contributed by atoms with Gasteiger partial charge in [0.05, 0.1) is 7.11 Å². The Morgan fingerprint density at radius 2 is 1.77 bits per heavy atom. The molecule has 0 saturated carbocycles. The largest absolute Gasteiger partial charge is 0.497 e. The molecule has 6 nitrogen and oxygen atoms in total. The van der Waals surface area contributed by atoms with Gasteiger partial charge in [-0.1, -0.05) is 45.0 Å². The predicted molar refractivity (Wildman–Crippen MR) is 118 cm³/mol. The molecule has 2 amide bonds. The lowest BCUT2D eigenvalue weighted by Crippen LogP contribution is -2.49. The molecule has 30 heavy (non-hydrogen) atoms. The van der Waals surface area contributed by atoms with E-state index in [4.69, 9.17) is 9.47 Å². The van der Waals surface area contributed by atoms with Gasteiger partial charge in [0, 0.05) is 13.6 Å². The molecule has 0 aromatic heterocycles. The fourth-order valence-electron chi connectivity index (χ4n) is 3.23. The number of methoxy groups -OCH3 is 1. The first-order valence-electron chi connectivity index (χ1n) is 10.3. The molecule has 1 N–H and O–H groups in total. The number of hydrogen-bond donors (Lipinski definition) is 1. The first-order valence-corrected chi connectivity index (χ1v) is 10.3. The molecule has 0 fully saturated rings. The normalized spacial score (nSPS) is 11.7. The summed E-state index contributed by atoms with van der Waals surface area (Å²) in [6.07, 6.45) is 0.498. The van der Waals surface area contributed by atoms with Crippen molar-refractivity contribution in [2.75, 3.05) is 20.8 Å². The van der Waals surface area contributed by atoms with E-state index in [0.29, 0.717) is 23.8 Å². The molecule has 162 valence electrons. The highest BCUT2D eigenvalue weighted by Crippen LogP contribution is 2.20. The van der Waals surface area contributed by atoms with Gasteiger partial charge in [-0.05, 0) is 47.7 Å². The molecule has 0 bridgehead atoms. The molecule has 6 heteroatoms. The van der Waals surface area contributed by atoms with E-state index in [1.54, 1.807) is 19.1 Å². The number of carbonyl (C=O) groups excluding carboxylic acids is 2. The topological polar surface area (TPSA) is 67.9 Å². The Balaban J connectivity index is 2.17. The second kappa shape index (κ2) is 11.2. The van der Waals surface area contributed by atoms with Crippen molar-refractivity contribution in [1.82, 2.24) is 10.2 Å². The average Bonchev–Trinajstić information content (AvgIpc) is 2.77. The zero-order chi connectivity index (χ0) is 22.1. The van der Waals surface area contributed by atoms with Gasteiger partial charge in [-0.2, -0.15) is 0 Å². The monoisotopic (exact) mass is 412 g/mol. The van der Waals surface area contributed by atoms with Gasteiger partial charge in [-0.25, -0.2) is 0 Å². The first-order chi connectivity index (χ1) is 14.4. The van der Waals surface area contributed by atoms with Crippen molar-refractivity contribution in [3.63, 3.8) is 0 Å². The van der Waals surface area contributed by atoms with Gasteiger partial charge in [-0.3, -0.25) is 9.59 Å². The van der Waals surface area contributed by atoms with E-state index in [1.165, 1.54) is 5.56 Å². The minimum Gasteiger partial charge on any atom is -0.497 e. The molecule has 2 aromatic carbocycles. The predicted octanol–water partition coefficient (Wildman–Crippen LogP) is 3.75. The van der Waals surface area contributed by atoms with E-state index >= 15 is 0 Å². The van der Waals surface area contributed by atoms with Crippen molar-refractivity contribution in [2.45, 2.75) is 45.7 Å². The van der Waals surface area contributed by atoms with Crippen LogP contribution in [0, 0.1) is 0 Å². The maximum atomic E-state index is 13.1. The van der Waals surface area contributed by atoms with Crippen molar-refractivity contribution >= 4 is 11.8 Å². The fourth-order valence-corrected chi connectivity index (χ4v) is 3.23. The zero-order valence-corrected chi connectivity index (χ0v) is 18.5. The minimum atomic E-state index is -0.583. The standard InChI is InChI=1S/C24H32N2O4/c1-6-22(24(28)25-4)26(15-18-8-7-9-21(14-18)29-5)23(27)16-30-20-12-10-19(11-13-20)17(2)3/h7-14,17,22H,6,15-16H2,1-5H3,(H,25,28)/t22-/m1/s1. The van der Waals surface area contributed by atoms with Gasteiger partial charge in [-0.15, -0.1) is 0 Å². The third-order valence-electron chi connectivity index (χ3n) is 5.03. The number of nitrogens with zero attached hydrogens (tertiary/aromatic N) is 1. The highest BCUT2D eigenvalue weighted by Gasteiger charge is 2.28. The number of ether oxygens (including phenoxy) is 2. The van der Waals surface area contributed by atoms with Crippen LogP contribution >= 0.6 is 0 Å². The van der Waals surface area contributed by atoms with Crippen LogP contribution < -0.4 is 14.8 Å². The molecule has 0 aliphatic rings. The molecule has 0 saturated heterocycles. The van der Waals surface area contributed by atoms with E-state index in [1.807, 2.05) is 55.5 Å². The highest BCUT2D eigenvalue weighted by molar-refractivity contribution is 5.88. The molecular formula is C24H32N2O4. The molecule has 0 heterocycles. The molecule has 2 rings (SSSR count). The van der Waals surface area contributed by atoms with Crippen LogP contribution in [0.4, 0.5) is 0 Å². The summed E-state index contributed by atoms with van der Waals surface area (Å²) in [5.41, 5.74) is 2.09. The lowest BCUT2D eigenvalue weighted by atomic mass is 10.0. The third kappa shape index (κ3) is 6.24. The second-order valence-corrected chi connectivity index (χ2v) is 7.42. The van der Waals surface area contributed by atoms with Gasteiger partial charge in [0.1, 0.15) is 17.5 Å². The first kappa shape index (κ1) is 23.3. The van der Waals surface area contributed by atoms with Crippen molar-refractivity contribution in [1.29, 1.82) is 0 Å². The van der Waals surface area contributed by atoms with Gasteiger partial charge < -0.3 is 19.7 Å². The van der Waals surface area contributed by atoms with E-state index < -0.39 is 6.04 Å². The van der Waals surface area contributed by atoms with Crippen LogP contribution in [0.1, 0.15) is 44.2 Å². The zero-order valence-electron chi connectivity index (χ0n) is 18.5. The quantitative estimate of drug-likeness (QED) is 0.645. The summed E-state index contributed by atoms with van der Waals surface area (Å²) >= 11 is 0. The summed E-state index contributed by atoms with van der Waals surface area (Å²) in [5, 5.41) is 2.65. The highest BCUT2D eigenvalue weighted by atomic mass is 16.5. The Kier molecular flexibility index (Phi) is 8.71. The number of hydrogen-bond acceptors (Lipinski definition) is 4. The molecule has 1 atom stereocenters. The summed E-state index contributed by atoms with van der Waals surface area (Å²) in [5.74, 6) is 1.31. The fraction of sp³-hybridized carbons (Fsp3) is 0.417. The van der Waals surface area contributed by atoms with Gasteiger partial charge >= 0.3 is 0 Å². The molecule has 0 aliphatic carbocycles. The molecule has 0 spiro atoms. The SMILES string of the molecule is CC[C@H](C(=O)NC)N(Cc1cccc(OC)c1)C(=O)COc1ccc(C(C)C)cc1. The minimum absolute atomic E-state index is 0.140. The van der Waals surface area contributed by atoms with Crippen molar-refractivity contribution < 1.29 is 19.1 Å². The molecular weight excluding hydrogens is 380 g/mol. The molecule has 0 unspecified atom stereocenters. The van der Waals surface area contributed by atoms with Crippen LogP contribution in [0.5, 0.6) is 11.5 Å². The van der Waals surface area contributed by atoms with Crippen LogP contribution in [0.2, 0.25) is 0 Å². The smallest absolute Gasteiger partial charge is 0.261 e. The molecule has 2 aromatic rings. The Bertz CT molecular complexity index is 833. The van der Waals surface area contributed by atoms with E-state index in [9.17, 15) is 9.59 Å². The summed E-state index contributed by atoms with van der Waals surface area (Å²) in [4.78, 5) is 27.0. The Labute approximate surface area is 179 Å². The van der Waals surface area contributed by atoms with Crippen molar-refractivity contribution in [2.24, 2.45) is 0 Å². The number of likely N-dealkylation sites (N-methyl/N-ethyl adjacent to an activating group) is 1. The van der Waals surface area contributed by atoms with E-state index in [0.717, 1.165) is 5.56 Å². The Morgan fingerprint density at radius 1 is 1.07 bits per heavy atom. The number of benzene rings is 2. The number of amides is 2. The summed E-state index contributed by atoms with van der Waals surface area (Å²) in [6, 6.07) is 14.6. The third-order valence-corrected chi connectivity index (χ3v) is 5.03. The van der Waals surface area contributed by atoms with Crippen LogP contribution in [0.25, 0.3) is 0 Å². The van der Waals surface area contributed by atoms with Crippen LogP contribution in [-0.2, 0) is 16.1 Å². The number of carbonyl (C=O) groups is 2. The summed E-state index contributed by atoms with van der Waals surface area (Å²) in [6.45, 7) is 6.28. The van der Waals surface area contributed by atoms with Gasteiger partial charge in [0.15, 0.2) is 6.61 Å². The number of rotatable bonds is 10. The molecule has 0 aliphatic heterocycles. The summed E-state index contributed by atoms with van der Waals surface area (Å²) < 4.78 is 11.0.